The molecule has 0 fully saturated rings. The number of halogens is 1. The molecule has 0 spiro atoms. The van der Waals surface area contributed by atoms with Crippen molar-refractivity contribution in [3.05, 3.63) is 88.7 Å². The second kappa shape index (κ2) is 6.66. The number of benzene rings is 2. The monoisotopic (exact) mass is 377 g/mol. The SMILES string of the molecule is O=C(Nc1ccc(N2C(=O)c3ccccc3C2=O)cc1)c1cccnc1Cl. The van der Waals surface area contributed by atoms with Crippen LogP contribution in [0, 0.1) is 0 Å². The van der Waals surface area contributed by atoms with Gasteiger partial charge < -0.3 is 5.32 Å². The molecule has 0 aliphatic carbocycles. The minimum Gasteiger partial charge on any atom is -0.322 e. The Kier molecular flexibility index (Phi) is 4.18. The molecule has 2 aromatic carbocycles. The first-order valence-corrected chi connectivity index (χ1v) is 8.44. The van der Waals surface area contributed by atoms with Gasteiger partial charge in [0.1, 0.15) is 5.15 Å². The number of carbonyl (C=O) groups excluding carboxylic acids is 3. The summed E-state index contributed by atoms with van der Waals surface area (Å²) >= 11 is 5.92. The Hall–Kier alpha value is -3.51. The molecule has 2 heterocycles. The predicted octanol–water partition coefficient (Wildman–Crippen LogP) is 3.79. The molecule has 6 nitrogen and oxygen atoms in total. The molecule has 0 saturated heterocycles. The number of hydrogen-bond donors (Lipinski definition) is 1. The van der Waals surface area contributed by atoms with Gasteiger partial charge in [-0.2, -0.15) is 0 Å². The summed E-state index contributed by atoms with van der Waals surface area (Å²) in [6.07, 6.45) is 1.50. The van der Waals surface area contributed by atoms with Gasteiger partial charge in [0.15, 0.2) is 0 Å². The van der Waals surface area contributed by atoms with E-state index in [4.69, 9.17) is 11.6 Å². The van der Waals surface area contributed by atoms with Crippen LogP contribution >= 0.6 is 11.6 Å². The summed E-state index contributed by atoms with van der Waals surface area (Å²) in [6.45, 7) is 0. The van der Waals surface area contributed by atoms with Crippen molar-refractivity contribution in [1.29, 1.82) is 0 Å². The lowest BCUT2D eigenvalue weighted by molar-refractivity contribution is 0.0924. The highest BCUT2D eigenvalue weighted by molar-refractivity contribution is 6.34. The summed E-state index contributed by atoms with van der Waals surface area (Å²) in [6, 6.07) is 16.3. The number of carbonyl (C=O) groups is 3. The molecule has 132 valence electrons. The van der Waals surface area contributed by atoms with Gasteiger partial charge in [-0.3, -0.25) is 14.4 Å². The van der Waals surface area contributed by atoms with Gasteiger partial charge in [0.05, 0.1) is 22.4 Å². The van der Waals surface area contributed by atoms with Crippen molar-refractivity contribution in [1.82, 2.24) is 4.98 Å². The minimum atomic E-state index is -0.401. The second-order valence-corrected chi connectivity index (χ2v) is 6.19. The summed E-state index contributed by atoms with van der Waals surface area (Å²) in [5, 5.41) is 2.81. The molecule has 27 heavy (non-hydrogen) atoms. The number of anilines is 2. The fourth-order valence-corrected chi connectivity index (χ4v) is 3.08. The zero-order valence-corrected chi connectivity index (χ0v) is 14.6. The van der Waals surface area contributed by atoms with E-state index >= 15 is 0 Å². The van der Waals surface area contributed by atoms with Crippen LogP contribution < -0.4 is 10.2 Å². The van der Waals surface area contributed by atoms with Crippen LogP contribution in [0.5, 0.6) is 0 Å². The average Bonchev–Trinajstić information content (AvgIpc) is 2.94. The number of pyridine rings is 1. The zero-order chi connectivity index (χ0) is 19.0. The van der Waals surface area contributed by atoms with Gasteiger partial charge in [0, 0.05) is 11.9 Å². The number of hydrogen-bond acceptors (Lipinski definition) is 4. The molecule has 1 aliphatic rings. The third kappa shape index (κ3) is 2.96. The quantitative estimate of drug-likeness (QED) is 0.556. The Morgan fingerprint density at radius 1 is 0.889 bits per heavy atom. The van der Waals surface area contributed by atoms with Crippen LogP contribution in [-0.4, -0.2) is 22.7 Å². The smallest absolute Gasteiger partial charge is 0.266 e. The number of nitrogens with zero attached hydrogens (tertiary/aromatic N) is 2. The molecule has 0 saturated carbocycles. The minimum absolute atomic E-state index is 0.109. The van der Waals surface area contributed by atoms with E-state index in [1.165, 1.54) is 6.20 Å². The molecule has 3 aromatic rings. The van der Waals surface area contributed by atoms with Crippen molar-refractivity contribution in [3.8, 4) is 0 Å². The molecule has 0 radical (unpaired) electrons. The molecule has 0 unspecified atom stereocenters. The average molecular weight is 378 g/mol. The Labute approximate surface area is 159 Å². The highest BCUT2D eigenvalue weighted by Crippen LogP contribution is 2.29. The standard InChI is InChI=1S/C20H12ClN3O3/c21-17-16(6-3-11-22-17)18(25)23-12-7-9-13(10-8-12)24-19(26)14-4-1-2-5-15(14)20(24)27/h1-11H,(H,23,25). The van der Waals surface area contributed by atoms with Crippen LogP contribution in [-0.2, 0) is 0 Å². The lowest BCUT2D eigenvalue weighted by atomic mass is 10.1. The lowest BCUT2D eigenvalue weighted by Crippen LogP contribution is -2.29. The van der Waals surface area contributed by atoms with E-state index in [0.717, 1.165) is 4.90 Å². The predicted molar refractivity (Wildman–Crippen MR) is 101 cm³/mol. The number of aromatic nitrogens is 1. The van der Waals surface area contributed by atoms with Crippen LogP contribution in [0.4, 0.5) is 11.4 Å². The first kappa shape index (κ1) is 16.9. The van der Waals surface area contributed by atoms with E-state index in [2.05, 4.69) is 10.3 Å². The van der Waals surface area contributed by atoms with Gasteiger partial charge >= 0.3 is 0 Å². The molecule has 7 heteroatoms. The second-order valence-electron chi connectivity index (χ2n) is 5.83. The normalized spacial score (nSPS) is 12.9. The van der Waals surface area contributed by atoms with E-state index in [-0.39, 0.29) is 22.5 Å². The van der Waals surface area contributed by atoms with Crippen LogP contribution in [0.15, 0.2) is 66.9 Å². The van der Waals surface area contributed by atoms with Crippen LogP contribution in [0.25, 0.3) is 0 Å². The molecule has 1 N–H and O–H groups in total. The molecular weight excluding hydrogens is 366 g/mol. The van der Waals surface area contributed by atoms with Crippen molar-refractivity contribution < 1.29 is 14.4 Å². The topological polar surface area (TPSA) is 79.4 Å². The van der Waals surface area contributed by atoms with E-state index in [1.807, 2.05) is 0 Å². The maximum atomic E-state index is 12.5. The Morgan fingerprint density at radius 3 is 2.11 bits per heavy atom. The third-order valence-corrected chi connectivity index (χ3v) is 4.48. The van der Waals surface area contributed by atoms with Crippen LogP contribution in [0.2, 0.25) is 5.15 Å². The first-order valence-electron chi connectivity index (χ1n) is 8.06. The van der Waals surface area contributed by atoms with Gasteiger partial charge in [-0.05, 0) is 48.5 Å². The van der Waals surface area contributed by atoms with Gasteiger partial charge in [0.2, 0.25) is 0 Å². The number of rotatable bonds is 3. The van der Waals surface area contributed by atoms with Gasteiger partial charge in [-0.15, -0.1) is 0 Å². The number of amides is 3. The van der Waals surface area contributed by atoms with Gasteiger partial charge in [-0.1, -0.05) is 23.7 Å². The summed E-state index contributed by atoms with van der Waals surface area (Å²) in [4.78, 5) is 42.3. The highest BCUT2D eigenvalue weighted by Gasteiger charge is 2.36. The fourth-order valence-electron chi connectivity index (χ4n) is 2.87. The number of imide groups is 1. The van der Waals surface area contributed by atoms with E-state index in [0.29, 0.717) is 22.5 Å². The van der Waals surface area contributed by atoms with E-state index in [9.17, 15) is 14.4 Å². The fraction of sp³-hybridized carbons (Fsp3) is 0. The molecule has 3 amide bonds. The van der Waals surface area contributed by atoms with Crippen molar-refractivity contribution in [2.24, 2.45) is 0 Å². The Bertz CT molecular complexity index is 1040. The number of fused-ring (bicyclic) bond motifs is 1. The zero-order valence-electron chi connectivity index (χ0n) is 13.8. The third-order valence-electron chi connectivity index (χ3n) is 4.18. The summed E-state index contributed by atoms with van der Waals surface area (Å²) in [5.74, 6) is -1.13. The Balaban J connectivity index is 1.55. The van der Waals surface area contributed by atoms with E-state index in [1.54, 1.807) is 60.7 Å². The molecular formula is C20H12ClN3O3. The molecule has 1 aliphatic heterocycles. The molecule has 4 rings (SSSR count). The lowest BCUT2D eigenvalue weighted by Gasteiger charge is -2.14. The molecule has 0 bridgehead atoms. The maximum absolute atomic E-state index is 12.5. The van der Waals surface area contributed by atoms with Crippen molar-refractivity contribution in [2.45, 2.75) is 0 Å². The first-order chi connectivity index (χ1) is 13.1. The summed E-state index contributed by atoms with van der Waals surface area (Å²) in [5.41, 5.74) is 1.94. The number of nitrogens with one attached hydrogen (secondary N) is 1. The largest absolute Gasteiger partial charge is 0.322 e. The van der Waals surface area contributed by atoms with Gasteiger partial charge in [-0.25, -0.2) is 9.88 Å². The van der Waals surface area contributed by atoms with Crippen molar-refractivity contribution in [3.63, 3.8) is 0 Å². The molecule has 1 aromatic heterocycles. The van der Waals surface area contributed by atoms with Gasteiger partial charge in [0.25, 0.3) is 17.7 Å². The van der Waals surface area contributed by atoms with Crippen molar-refractivity contribution in [2.75, 3.05) is 10.2 Å². The van der Waals surface area contributed by atoms with E-state index < -0.39 is 5.91 Å². The van der Waals surface area contributed by atoms with Crippen molar-refractivity contribution >= 4 is 40.7 Å². The summed E-state index contributed by atoms with van der Waals surface area (Å²) < 4.78 is 0. The summed E-state index contributed by atoms with van der Waals surface area (Å²) in [7, 11) is 0. The molecule has 0 atom stereocenters. The van der Waals surface area contributed by atoms with Crippen LogP contribution in [0.1, 0.15) is 31.1 Å². The Morgan fingerprint density at radius 2 is 1.52 bits per heavy atom. The van der Waals surface area contributed by atoms with Crippen LogP contribution in [0.3, 0.4) is 0 Å². The maximum Gasteiger partial charge on any atom is 0.266 e. The highest BCUT2D eigenvalue weighted by atomic mass is 35.5.